The van der Waals surface area contributed by atoms with Gasteiger partial charge in [-0.2, -0.15) is 0 Å². The van der Waals surface area contributed by atoms with Crippen LogP contribution in [0.1, 0.15) is 76.7 Å². The first-order valence-corrected chi connectivity index (χ1v) is 11.5. The van der Waals surface area contributed by atoms with Gasteiger partial charge in [0.15, 0.2) is 0 Å². The Labute approximate surface area is 179 Å². The van der Waals surface area contributed by atoms with Crippen LogP contribution in [0.2, 0.25) is 0 Å². The van der Waals surface area contributed by atoms with Crippen LogP contribution in [0.25, 0.3) is 0 Å². The number of alkyl halides is 3. The first kappa shape index (κ1) is 22.8. The Morgan fingerprint density at radius 3 is 2.10 bits per heavy atom. The standard InChI is InChI=1S/C26H33F3O/c1-2-5-20-8-14-23(15-9-20)24-16-10-21(11-17-24)6-3-4-7-22-12-18-25(19-13-22)30-26(27,28)29/h3,6,12-13,18-21,23-24H,2,5,8-11,14-17H2,1H3/b6-3+/t20-,21?,23-,24?. The highest BCUT2D eigenvalue weighted by molar-refractivity contribution is 5.40. The molecule has 4 heteroatoms. The van der Waals surface area contributed by atoms with E-state index in [2.05, 4.69) is 29.6 Å². The smallest absolute Gasteiger partial charge is 0.406 e. The Kier molecular flexibility index (Phi) is 8.31. The van der Waals surface area contributed by atoms with Crippen LogP contribution in [0.15, 0.2) is 36.4 Å². The molecular formula is C26H33F3O. The molecule has 0 aliphatic heterocycles. The molecule has 2 fully saturated rings. The van der Waals surface area contributed by atoms with Gasteiger partial charge in [-0.1, -0.05) is 50.5 Å². The summed E-state index contributed by atoms with van der Waals surface area (Å²) in [7, 11) is 0. The molecule has 0 bridgehead atoms. The molecule has 3 rings (SSSR count). The maximum atomic E-state index is 12.2. The van der Waals surface area contributed by atoms with Gasteiger partial charge in [-0.3, -0.25) is 0 Å². The highest BCUT2D eigenvalue weighted by atomic mass is 19.4. The number of hydrogen-bond donors (Lipinski definition) is 0. The molecule has 1 aromatic rings. The summed E-state index contributed by atoms with van der Waals surface area (Å²) < 4.78 is 40.4. The molecule has 0 saturated heterocycles. The Morgan fingerprint density at radius 1 is 0.933 bits per heavy atom. The number of benzene rings is 1. The van der Waals surface area contributed by atoms with Crippen molar-refractivity contribution in [3.05, 3.63) is 42.0 Å². The lowest BCUT2D eigenvalue weighted by atomic mass is 9.69. The van der Waals surface area contributed by atoms with Crippen molar-refractivity contribution in [1.82, 2.24) is 0 Å². The zero-order chi connectivity index (χ0) is 21.4. The number of ether oxygens (including phenoxy) is 1. The summed E-state index contributed by atoms with van der Waals surface area (Å²) in [6.07, 6.45) is 13.1. The molecular weight excluding hydrogens is 385 g/mol. The summed E-state index contributed by atoms with van der Waals surface area (Å²) in [6, 6.07) is 5.67. The summed E-state index contributed by atoms with van der Waals surface area (Å²) in [5, 5.41) is 0. The lowest BCUT2D eigenvalue weighted by molar-refractivity contribution is -0.274. The lowest BCUT2D eigenvalue weighted by Gasteiger charge is -2.37. The van der Waals surface area contributed by atoms with Crippen LogP contribution >= 0.6 is 0 Å². The minimum Gasteiger partial charge on any atom is -0.406 e. The highest BCUT2D eigenvalue weighted by Crippen LogP contribution is 2.42. The molecule has 2 aliphatic carbocycles. The Morgan fingerprint density at radius 2 is 1.53 bits per heavy atom. The summed E-state index contributed by atoms with van der Waals surface area (Å²) in [5.74, 6) is 9.23. The Hall–Kier alpha value is -1.89. The summed E-state index contributed by atoms with van der Waals surface area (Å²) in [4.78, 5) is 0. The SMILES string of the molecule is CCC[C@H]1CC[C@H](C2CCC(/C=C/C#Cc3ccc(OC(F)(F)F)cc3)CC2)CC1. The van der Waals surface area contributed by atoms with E-state index < -0.39 is 6.36 Å². The molecule has 0 N–H and O–H groups in total. The third kappa shape index (κ3) is 7.42. The maximum Gasteiger partial charge on any atom is 0.573 e. The number of allylic oxidation sites excluding steroid dienone is 2. The van der Waals surface area contributed by atoms with Gasteiger partial charge < -0.3 is 4.74 Å². The van der Waals surface area contributed by atoms with E-state index in [1.165, 1.54) is 76.3 Å². The molecule has 0 amide bonds. The van der Waals surface area contributed by atoms with E-state index in [0.717, 1.165) is 17.8 Å². The fourth-order valence-corrected chi connectivity index (χ4v) is 5.21. The predicted octanol–water partition coefficient (Wildman–Crippen LogP) is 7.91. The molecule has 0 spiro atoms. The van der Waals surface area contributed by atoms with Gasteiger partial charge in [-0.05, 0) is 92.5 Å². The minimum absolute atomic E-state index is 0.223. The number of hydrogen-bond acceptors (Lipinski definition) is 1. The van der Waals surface area contributed by atoms with Gasteiger partial charge >= 0.3 is 6.36 Å². The molecule has 1 nitrogen and oxygen atoms in total. The van der Waals surface area contributed by atoms with Gasteiger partial charge in [0, 0.05) is 5.56 Å². The molecule has 2 aliphatic rings. The van der Waals surface area contributed by atoms with Gasteiger partial charge in [-0.15, -0.1) is 13.2 Å². The van der Waals surface area contributed by atoms with Crippen LogP contribution < -0.4 is 4.74 Å². The number of rotatable bonds is 5. The summed E-state index contributed by atoms with van der Waals surface area (Å²) >= 11 is 0. The van der Waals surface area contributed by atoms with Crippen molar-refractivity contribution < 1.29 is 17.9 Å². The fraction of sp³-hybridized carbons (Fsp3) is 0.615. The van der Waals surface area contributed by atoms with Crippen LogP contribution in [-0.4, -0.2) is 6.36 Å². The average molecular weight is 419 g/mol. The van der Waals surface area contributed by atoms with Gasteiger partial charge in [0.25, 0.3) is 0 Å². The van der Waals surface area contributed by atoms with E-state index in [0.29, 0.717) is 11.5 Å². The molecule has 1 aromatic carbocycles. The van der Waals surface area contributed by atoms with Crippen molar-refractivity contribution >= 4 is 0 Å². The normalized spacial score (nSPS) is 27.5. The molecule has 0 aromatic heterocycles. The molecule has 0 radical (unpaired) electrons. The quantitative estimate of drug-likeness (QED) is 0.442. The largest absolute Gasteiger partial charge is 0.573 e. The second kappa shape index (κ2) is 10.9. The van der Waals surface area contributed by atoms with Crippen LogP contribution in [0, 0.1) is 35.5 Å². The van der Waals surface area contributed by atoms with Crippen LogP contribution in [0.4, 0.5) is 13.2 Å². The summed E-state index contributed by atoms with van der Waals surface area (Å²) in [6.45, 7) is 2.30. The van der Waals surface area contributed by atoms with Crippen molar-refractivity contribution in [2.45, 2.75) is 77.5 Å². The van der Waals surface area contributed by atoms with Crippen LogP contribution in [0.3, 0.4) is 0 Å². The molecule has 0 unspecified atom stereocenters. The third-order valence-electron chi connectivity index (χ3n) is 6.83. The Bertz CT molecular complexity index is 722. The molecule has 0 heterocycles. The monoisotopic (exact) mass is 418 g/mol. The number of halogens is 3. The first-order valence-electron chi connectivity index (χ1n) is 11.5. The van der Waals surface area contributed by atoms with E-state index in [-0.39, 0.29) is 5.75 Å². The zero-order valence-electron chi connectivity index (χ0n) is 17.9. The first-order chi connectivity index (χ1) is 14.4. The lowest BCUT2D eigenvalue weighted by Crippen LogP contribution is -2.25. The second-order valence-electron chi connectivity index (χ2n) is 8.94. The van der Waals surface area contributed by atoms with Gasteiger partial charge in [0.1, 0.15) is 5.75 Å². The topological polar surface area (TPSA) is 9.23 Å². The molecule has 2 saturated carbocycles. The van der Waals surface area contributed by atoms with Crippen molar-refractivity contribution in [2.75, 3.05) is 0 Å². The highest BCUT2D eigenvalue weighted by Gasteiger charge is 2.31. The van der Waals surface area contributed by atoms with Crippen molar-refractivity contribution in [3.8, 4) is 17.6 Å². The summed E-state index contributed by atoms with van der Waals surface area (Å²) in [5.41, 5.74) is 0.677. The van der Waals surface area contributed by atoms with Crippen molar-refractivity contribution in [3.63, 3.8) is 0 Å². The van der Waals surface area contributed by atoms with Gasteiger partial charge in [0.2, 0.25) is 0 Å². The Balaban J connectivity index is 1.39. The van der Waals surface area contributed by atoms with Crippen molar-refractivity contribution in [2.24, 2.45) is 23.7 Å². The molecule has 30 heavy (non-hydrogen) atoms. The fourth-order valence-electron chi connectivity index (χ4n) is 5.21. The van der Waals surface area contributed by atoms with Gasteiger partial charge in [-0.25, -0.2) is 0 Å². The maximum absolute atomic E-state index is 12.2. The van der Waals surface area contributed by atoms with Gasteiger partial charge in [0.05, 0.1) is 0 Å². The van der Waals surface area contributed by atoms with E-state index in [9.17, 15) is 13.2 Å². The van der Waals surface area contributed by atoms with Crippen LogP contribution in [-0.2, 0) is 0 Å². The molecule has 0 atom stereocenters. The van der Waals surface area contributed by atoms with E-state index in [1.807, 2.05) is 6.08 Å². The predicted molar refractivity (Wildman–Crippen MR) is 115 cm³/mol. The average Bonchev–Trinajstić information content (AvgIpc) is 2.73. The minimum atomic E-state index is -4.66. The van der Waals surface area contributed by atoms with Crippen molar-refractivity contribution in [1.29, 1.82) is 0 Å². The second-order valence-corrected chi connectivity index (χ2v) is 8.94. The van der Waals surface area contributed by atoms with Crippen LogP contribution in [0.5, 0.6) is 5.75 Å². The third-order valence-corrected chi connectivity index (χ3v) is 6.83. The zero-order valence-corrected chi connectivity index (χ0v) is 17.9. The van der Waals surface area contributed by atoms with E-state index in [4.69, 9.17) is 0 Å². The van der Waals surface area contributed by atoms with E-state index in [1.54, 1.807) is 12.1 Å². The van der Waals surface area contributed by atoms with E-state index >= 15 is 0 Å². The molecule has 164 valence electrons.